The van der Waals surface area contributed by atoms with Gasteiger partial charge in [0.2, 0.25) is 5.91 Å². The molecule has 0 aromatic heterocycles. The summed E-state index contributed by atoms with van der Waals surface area (Å²) in [6.07, 6.45) is 0.476. The zero-order valence-corrected chi connectivity index (χ0v) is 10.1. The van der Waals surface area contributed by atoms with E-state index in [9.17, 15) is 4.79 Å². The topological polar surface area (TPSA) is 67.5 Å². The Morgan fingerprint density at radius 2 is 2.07 bits per heavy atom. The Bertz CT molecular complexity index is 413. The molecule has 78 valence electrons. The van der Waals surface area contributed by atoms with E-state index in [1.54, 1.807) is 0 Å². The molecule has 1 atom stereocenters. The molecule has 5 heteroatoms. The van der Waals surface area contributed by atoms with Crippen molar-refractivity contribution in [3.8, 4) is 0 Å². The number of carbonyl (C=O) groups is 1. The number of alkyl halides is 1. The zero-order chi connectivity index (χ0) is 10.8. The van der Waals surface area contributed by atoms with Gasteiger partial charge in [-0.1, -0.05) is 34.7 Å². The van der Waals surface area contributed by atoms with Gasteiger partial charge in [-0.25, -0.2) is 5.43 Å². The van der Waals surface area contributed by atoms with Crippen LogP contribution in [-0.2, 0) is 4.79 Å². The van der Waals surface area contributed by atoms with E-state index >= 15 is 0 Å². The van der Waals surface area contributed by atoms with E-state index in [1.807, 2.05) is 24.3 Å². The molecule has 1 aromatic carbocycles. The van der Waals surface area contributed by atoms with E-state index in [4.69, 9.17) is 5.73 Å². The number of rotatable bonds is 1. The maximum Gasteiger partial charge on any atom is 0.241 e. The van der Waals surface area contributed by atoms with Crippen LogP contribution in [0.4, 0.5) is 5.69 Å². The minimum absolute atomic E-state index is 0.0337. The molecule has 0 fully saturated rings. The molecule has 4 nitrogen and oxygen atoms in total. The Labute approximate surface area is 101 Å². The summed E-state index contributed by atoms with van der Waals surface area (Å²) in [6.45, 7) is 0. The highest BCUT2D eigenvalue weighted by atomic mass is 127. The Morgan fingerprint density at radius 1 is 1.40 bits per heavy atom. The molecule has 0 unspecified atom stereocenters. The molecule has 1 aliphatic rings. The molecule has 0 aliphatic carbocycles. The summed E-state index contributed by atoms with van der Waals surface area (Å²) in [5.41, 5.74) is 10.7. The maximum absolute atomic E-state index is 11.1. The molecule has 0 saturated carbocycles. The molecule has 0 saturated heterocycles. The van der Waals surface area contributed by atoms with E-state index < -0.39 is 0 Å². The third-order valence-electron chi connectivity index (χ3n) is 2.17. The van der Waals surface area contributed by atoms with Crippen molar-refractivity contribution in [1.29, 1.82) is 0 Å². The van der Waals surface area contributed by atoms with Crippen LogP contribution in [0.25, 0.3) is 0 Å². The molecular weight excluding hydrogens is 305 g/mol. The summed E-state index contributed by atoms with van der Waals surface area (Å²) < 4.78 is 0.125. The number of nitrogens with two attached hydrogens (primary N) is 1. The van der Waals surface area contributed by atoms with Crippen molar-refractivity contribution in [3.05, 3.63) is 29.8 Å². The number of hydrogen-bond acceptors (Lipinski definition) is 3. The number of nitrogen functional groups attached to an aromatic ring is 1. The molecule has 15 heavy (non-hydrogen) atoms. The van der Waals surface area contributed by atoms with Gasteiger partial charge in [-0.05, 0) is 17.7 Å². The Kier molecular flexibility index (Phi) is 2.90. The van der Waals surface area contributed by atoms with Gasteiger partial charge in [0.05, 0.1) is 9.64 Å². The Balaban J connectivity index is 2.31. The third-order valence-corrected chi connectivity index (χ3v) is 3.20. The average molecular weight is 315 g/mol. The lowest BCUT2D eigenvalue weighted by molar-refractivity contribution is -0.121. The summed E-state index contributed by atoms with van der Waals surface area (Å²) >= 11 is 2.22. The molecule has 1 amide bonds. The lowest BCUT2D eigenvalue weighted by Crippen LogP contribution is -2.33. The van der Waals surface area contributed by atoms with Crippen LogP contribution >= 0.6 is 22.6 Å². The SMILES string of the molecule is Nc1ccc(C2=NNC(=O)C[C@H]2I)cc1. The zero-order valence-electron chi connectivity index (χ0n) is 7.90. The van der Waals surface area contributed by atoms with Gasteiger partial charge in [0, 0.05) is 12.1 Å². The predicted molar refractivity (Wildman–Crippen MR) is 68.0 cm³/mol. The lowest BCUT2D eigenvalue weighted by Gasteiger charge is -2.17. The van der Waals surface area contributed by atoms with Gasteiger partial charge in [-0.2, -0.15) is 5.10 Å². The maximum atomic E-state index is 11.1. The quantitative estimate of drug-likeness (QED) is 0.466. The first-order chi connectivity index (χ1) is 7.16. The standard InChI is InChI=1S/C10H10IN3O/c11-8-5-9(15)13-14-10(8)6-1-3-7(12)4-2-6/h1-4,8H,5,12H2,(H,13,15)/t8-/m1/s1. The second kappa shape index (κ2) is 4.18. The van der Waals surface area contributed by atoms with E-state index in [0.29, 0.717) is 6.42 Å². The monoisotopic (exact) mass is 315 g/mol. The average Bonchev–Trinajstić information content (AvgIpc) is 2.20. The van der Waals surface area contributed by atoms with Crippen LogP contribution in [0.3, 0.4) is 0 Å². The van der Waals surface area contributed by atoms with Gasteiger partial charge < -0.3 is 5.73 Å². The summed E-state index contributed by atoms with van der Waals surface area (Å²) in [5.74, 6) is -0.0337. The fraction of sp³-hybridized carbons (Fsp3) is 0.200. The predicted octanol–water partition coefficient (Wildman–Crippen LogP) is 1.30. The minimum atomic E-state index is -0.0337. The summed E-state index contributed by atoms with van der Waals surface area (Å²) in [7, 11) is 0. The van der Waals surface area contributed by atoms with Crippen LogP contribution in [0.5, 0.6) is 0 Å². The van der Waals surface area contributed by atoms with Crippen molar-refractivity contribution in [2.75, 3.05) is 5.73 Å². The van der Waals surface area contributed by atoms with E-state index in [1.165, 1.54) is 0 Å². The number of nitrogens with zero attached hydrogens (tertiary/aromatic N) is 1. The van der Waals surface area contributed by atoms with E-state index in [-0.39, 0.29) is 9.83 Å². The fourth-order valence-corrected chi connectivity index (χ4v) is 2.30. The van der Waals surface area contributed by atoms with Crippen molar-refractivity contribution >= 4 is 39.9 Å². The minimum Gasteiger partial charge on any atom is -0.399 e. The van der Waals surface area contributed by atoms with Gasteiger partial charge in [-0.15, -0.1) is 0 Å². The number of benzene rings is 1. The largest absolute Gasteiger partial charge is 0.399 e. The van der Waals surface area contributed by atoms with Crippen molar-refractivity contribution in [2.45, 2.75) is 10.3 Å². The first kappa shape index (κ1) is 10.4. The van der Waals surface area contributed by atoms with Crippen LogP contribution in [0.2, 0.25) is 0 Å². The Hall–Kier alpha value is -1.11. The molecule has 0 radical (unpaired) electrons. The number of hydrogen-bond donors (Lipinski definition) is 2. The van der Waals surface area contributed by atoms with Gasteiger partial charge in [-0.3, -0.25) is 4.79 Å². The van der Waals surface area contributed by atoms with Crippen LogP contribution < -0.4 is 11.2 Å². The van der Waals surface area contributed by atoms with E-state index in [0.717, 1.165) is 17.0 Å². The second-order valence-electron chi connectivity index (χ2n) is 3.33. The first-order valence-electron chi connectivity index (χ1n) is 4.53. The smallest absolute Gasteiger partial charge is 0.241 e. The van der Waals surface area contributed by atoms with Crippen LogP contribution in [-0.4, -0.2) is 15.5 Å². The normalized spacial score (nSPS) is 20.7. The molecule has 1 aliphatic heterocycles. The van der Waals surface area contributed by atoms with Crippen molar-refractivity contribution in [3.63, 3.8) is 0 Å². The number of amides is 1. The first-order valence-corrected chi connectivity index (χ1v) is 5.78. The second-order valence-corrected chi connectivity index (χ2v) is 4.83. The van der Waals surface area contributed by atoms with Crippen molar-refractivity contribution < 1.29 is 4.79 Å². The van der Waals surface area contributed by atoms with Gasteiger partial charge in [0.15, 0.2) is 0 Å². The summed E-state index contributed by atoms with van der Waals surface area (Å²) in [6, 6.07) is 7.49. The van der Waals surface area contributed by atoms with Crippen LogP contribution in [0, 0.1) is 0 Å². The van der Waals surface area contributed by atoms with Gasteiger partial charge in [0.25, 0.3) is 0 Å². The van der Waals surface area contributed by atoms with Crippen molar-refractivity contribution in [2.24, 2.45) is 5.10 Å². The summed E-state index contributed by atoms with van der Waals surface area (Å²) in [5, 5.41) is 4.06. The molecule has 0 bridgehead atoms. The van der Waals surface area contributed by atoms with E-state index in [2.05, 4.69) is 33.1 Å². The highest BCUT2D eigenvalue weighted by Gasteiger charge is 2.22. The van der Waals surface area contributed by atoms with Gasteiger partial charge >= 0.3 is 0 Å². The highest BCUT2D eigenvalue weighted by Crippen LogP contribution is 2.18. The van der Waals surface area contributed by atoms with Gasteiger partial charge in [0.1, 0.15) is 0 Å². The van der Waals surface area contributed by atoms with Crippen LogP contribution in [0.15, 0.2) is 29.4 Å². The third kappa shape index (κ3) is 2.28. The number of nitrogens with one attached hydrogen (secondary N) is 1. The molecule has 3 N–H and O–H groups in total. The van der Waals surface area contributed by atoms with Crippen LogP contribution in [0.1, 0.15) is 12.0 Å². The number of carbonyl (C=O) groups excluding carboxylic acids is 1. The number of halogens is 1. The fourth-order valence-electron chi connectivity index (χ4n) is 1.40. The molecule has 0 spiro atoms. The molecular formula is C10H10IN3O. The molecule has 2 rings (SSSR count). The number of anilines is 1. The number of hydrazone groups is 1. The highest BCUT2D eigenvalue weighted by molar-refractivity contribution is 14.1. The lowest BCUT2D eigenvalue weighted by atomic mass is 10.0. The molecule has 1 aromatic rings. The van der Waals surface area contributed by atoms with Crippen molar-refractivity contribution in [1.82, 2.24) is 5.43 Å². The molecule has 1 heterocycles. The summed E-state index contributed by atoms with van der Waals surface area (Å²) in [4.78, 5) is 11.1. The Morgan fingerprint density at radius 3 is 2.67 bits per heavy atom.